The van der Waals surface area contributed by atoms with Crippen LogP contribution in [0.25, 0.3) is 0 Å². The lowest BCUT2D eigenvalue weighted by molar-refractivity contribution is -0.588. The first-order valence-electron chi connectivity index (χ1n) is 16.3. The van der Waals surface area contributed by atoms with Gasteiger partial charge in [0.2, 0.25) is 0 Å². The third kappa shape index (κ3) is 7.48. The molecule has 0 radical (unpaired) electrons. The summed E-state index contributed by atoms with van der Waals surface area (Å²) in [6.07, 6.45) is -7.22. The average molecular weight is 893 g/mol. The van der Waals surface area contributed by atoms with Crippen molar-refractivity contribution in [3.05, 3.63) is 177 Å². The Labute approximate surface area is 327 Å². The molecular formula is C38H16BF20NO. The van der Waals surface area contributed by atoms with Gasteiger partial charge >= 0.3 is 0 Å². The van der Waals surface area contributed by atoms with Crippen molar-refractivity contribution < 1.29 is 97.9 Å². The molecule has 0 aromatic heterocycles. The molecule has 0 atom stereocenters. The molecule has 0 bridgehead atoms. The average Bonchev–Trinajstić information content (AvgIpc) is 3.26. The van der Waals surface area contributed by atoms with Crippen molar-refractivity contribution in [1.29, 1.82) is 0 Å². The number of nitrogens with two attached hydrogens (primary N) is 1. The van der Waals surface area contributed by atoms with Gasteiger partial charge < -0.3 is 10.1 Å². The Morgan fingerprint density at radius 2 is 0.590 bits per heavy atom. The smallest absolute Gasteiger partial charge is 0.200 e. The van der Waals surface area contributed by atoms with E-state index in [9.17, 15) is 52.7 Å². The Hall–Kier alpha value is -6.26. The number of methoxy groups -OCH3 is 1. The van der Waals surface area contributed by atoms with Gasteiger partial charge in [-0.3, -0.25) is 0 Å². The lowest BCUT2D eigenvalue weighted by Crippen LogP contribution is -2.81. The first-order valence-corrected chi connectivity index (χ1v) is 16.3. The predicted octanol–water partition coefficient (Wildman–Crippen LogP) is 7.94. The Balaban J connectivity index is 0.000000366. The summed E-state index contributed by atoms with van der Waals surface area (Å²) in [7, 11) is 1.69. The highest BCUT2D eigenvalue weighted by Gasteiger charge is 2.52. The van der Waals surface area contributed by atoms with E-state index in [1.54, 1.807) is 7.11 Å². The monoisotopic (exact) mass is 893 g/mol. The van der Waals surface area contributed by atoms with Crippen molar-refractivity contribution in [3.8, 4) is 5.75 Å². The van der Waals surface area contributed by atoms with Gasteiger partial charge in [0.05, 0.1) is 7.11 Å². The highest BCUT2D eigenvalue weighted by Crippen LogP contribution is 2.30. The SMILES string of the molecule is COc1ccc(C[NH2+]c2ccccc2)cc1.Fc1c(F)c(F)c([B-](c2c(F)c(F)c(F)c(F)c2F)(c2c(F)c(F)c(F)c(F)c2F)c2c(F)c(F)c(F)c(F)c2F)c(F)c1F. The fourth-order valence-corrected chi connectivity index (χ4v) is 6.46. The molecule has 6 rings (SSSR count). The maximum Gasteiger partial charge on any atom is 0.200 e. The number of ether oxygens (including phenoxy) is 1. The molecule has 2 nitrogen and oxygen atoms in total. The van der Waals surface area contributed by atoms with E-state index >= 15 is 35.1 Å². The summed E-state index contributed by atoms with van der Waals surface area (Å²) in [6, 6.07) is 18.6. The van der Waals surface area contributed by atoms with Crippen LogP contribution in [0.5, 0.6) is 5.75 Å². The van der Waals surface area contributed by atoms with Gasteiger partial charge in [-0.1, -0.05) is 18.2 Å². The first-order chi connectivity index (χ1) is 28.6. The molecule has 0 aliphatic rings. The molecule has 0 aliphatic carbocycles. The van der Waals surface area contributed by atoms with Gasteiger partial charge in [0, 0.05) is 5.56 Å². The molecule has 322 valence electrons. The molecule has 61 heavy (non-hydrogen) atoms. The number of para-hydroxylation sites is 1. The van der Waals surface area contributed by atoms with E-state index < -0.39 is 144 Å². The Morgan fingerprint density at radius 3 is 0.836 bits per heavy atom. The molecule has 2 N–H and O–H groups in total. The molecule has 6 aromatic rings. The summed E-state index contributed by atoms with van der Waals surface area (Å²) in [5.41, 5.74) is -11.8. The first kappa shape index (κ1) is 45.8. The van der Waals surface area contributed by atoms with Gasteiger partial charge in [-0.05, 0) is 36.4 Å². The second-order valence-electron chi connectivity index (χ2n) is 12.5. The van der Waals surface area contributed by atoms with Crippen LogP contribution in [0, 0.1) is 116 Å². The second kappa shape index (κ2) is 17.4. The molecule has 0 unspecified atom stereocenters. The van der Waals surface area contributed by atoms with Crippen molar-refractivity contribution in [2.24, 2.45) is 0 Å². The lowest BCUT2D eigenvalue weighted by Gasteiger charge is -2.44. The summed E-state index contributed by atoms with van der Waals surface area (Å²) >= 11 is 0. The number of rotatable bonds is 8. The Kier molecular flexibility index (Phi) is 13.1. The largest absolute Gasteiger partial charge is 0.497 e. The van der Waals surface area contributed by atoms with Crippen LogP contribution in [0.2, 0.25) is 0 Å². The van der Waals surface area contributed by atoms with Crippen molar-refractivity contribution in [1.82, 2.24) is 0 Å². The standard InChI is InChI=1S/C24BF20.C14H15NO/c26-5-1(6(27)14(35)21(42)13(5)34)25(2-7(28)15(36)22(43)16(37)8(2)29,3-9(30)17(38)23(44)18(39)10(3)31)4-11(32)19(40)24(45)20(41)12(4)33;1-16-14-9-7-12(8-10-14)11-15-13-5-3-2-4-6-13/h;2-10,15H,11H2,1H3/q-1;/p+1. The van der Waals surface area contributed by atoms with Gasteiger partial charge in [0.25, 0.3) is 0 Å². The van der Waals surface area contributed by atoms with Crippen molar-refractivity contribution in [2.45, 2.75) is 6.54 Å². The quantitative estimate of drug-likeness (QED) is 0.0543. The van der Waals surface area contributed by atoms with Gasteiger partial charge in [-0.2, -0.15) is 0 Å². The van der Waals surface area contributed by atoms with E-state index in [0.29, 0.717) is 0 Å². The fourth-order valence-electron chi connectivity index (χ4n) is 6.46. The topological polar surface area (TPSA) is 25.8 Å². The molecule has 0 spiro atoms. The Bertz CT molecular complexity index is 2300. The van der Waals surface area contributed by atoms with Crippen LogP contribution in [0.15, 0.2) is 54.6 Å². The second-order valence-corrected chi connectivity index (χ2v) is 12.5. The highest BCUT2D eigenvalue weighted by atomic mass is 19.2. The molecule has 0 aliphatic heterocycles. The minimum atomic E-state index is -7.22. The summed E-state index contributed by atoms with van der Waals surface area (Å²) in [6.45, 7) is 0.952. The summed E-state index contributed by atoms with van der Waals surface area (Å²) in [5, 5.41) is 2.22. The van der Waals surface area contributed by atoms with Crippen LogP contribution in [-0.2, 0) is 6.54 Å². The maximum absolute atomic E-state index is 15.4. The fraction of sp³-hybridized carbons (Fsp3) is 0.0526. The normalized spacial score (nSPS) is 11.5. The van der Waals surface area contributed by atoms with E-state index in [2.05, 4.69) is 41.7 Å². The van der Waals surface area contributed by atoms with Crippen LogP contribution < -0.4 is 31.9 Å². The van der Waals surface area contributed by atoms with Crippen LogP contribution in [0.3, 0.4) is 0 Å². The highest BCUT2D eigenvalue weighted by molar-refractivity contribution is 7.20. The number of hydrogen-bond donors (Lipinski definition) is 1. The van der Waals surface area contributed by atoms with Crippen LogP contribution in [0.4, 0.5) is 93.5 Å². The van der Waals surface area contributed by atoms with Crippen molar-refractivity contribution in [2.75, 3.05) is 7.11 Å². The zero-order chi connectivity index (χ0) is 45.6. The molecule has 0 saturated carbocycles. The molecular weight excluding hydrogens is 877 g/mol. The lowest BCUT2D eigenvalue weighted by atomic mass is 9.12. The van der Waals surface area contributed by atoms with Gasteiger partial charge in [-0.15, -0.1) is 21.9 Å². The molecule has 23 heteroatoms. The molecule has 0 amide bonds. The van der Waals surface area contributed by atoms with Gasteiger partial charge in [-0.25, -0.2) is 87.8 Å². The molecule has 0 heterocycles. The minimum Gasteiger partial charge on any atom is -0.497 e. The number of benzene rings is 6. The van der Waals surface area contributed by atoms with E-state index in [0.717, 1.165) is 12.3 Å². The molecule has 0 fully saturated rings. The Morgan fingerprint density at radius 1 is 0.344 bits per heavy atom. The van der Waals surface area contributed by atoms with E-state index in [1.807, 2.05) is 18.2 Å². The summed E-state index contributed by atoms with van der Waals surface area (Å²) < 4.78 is 299. The van der Waals surface area contributed by atoms with Crippen LogP contribution in [0.1, 0.15) is 5.56 Å². The zero-order valence-corrected chi connectivity index (χ0v) is 29.5. The van der Waals surface area contributed by atoms with E-state index in [1.165, 1.54) is 11.3 Å². The zero-order valence-electron chi connectivity index (χ0n) is 29.5. The molecule has 0 saturated heterocycles. The van der Waals surface area contributed by atoms with Crippen LogP contribution in [-0.4, -0.2) is 13.3 Å². The third-order valence-corrected chi connectivity index (χ3v) is 9.24. The number of halogens is 20. The molecule has 6 aromatic carbocycles. The van der Waals surface area contributed by atoms with Gasteiger partial charge in [0.1, 0.15) is 70.7 Å². The minimum absolute atomic E-state index is 0.906. The summed E-state index contributed by atoms with van der Waals surface area (Å²) in [4.78, 5) is 0. The van der Waals surface area contributed by atoms with Gasteiger partial charge in [0.15, 0.2) is 69.8 Å². The van der Waals surface area contributed by atoms with Crippen molar-refractivity contribution in [3.63, 3.8) is 0 Å². The number of quaternary nitrogens is 1. The van der Waals surface area contributed by atoms with E-state index in [-0.39, 0.29) is 0 Å². The predicted molar refractivity (Wildman–Crippen MR) is 174 cm³/mol. The van der Waals surface area contributed by atoms with E-state index in [4.69, 9.17) is 4.74 Å². The van der Waals surface area contributed by atoms with Crippen LogP contribution >= 0.6 is 0 Å². The summed E-state index contributed by atoms with van der Waals surface area (Å²) in [5.74, 6) is -70.5. The van der Waals surface area contributed by atoms with Crippen molar-refractivity contribution >= 4 is 33.7 Å². The number of hydrogen-bond acceptors (Lipinski definition) is 1. The maximum atomic E-state index is 15.4. The third-order valence-electron chi connectivity index (χ3n) is 9.24.